The van der Waals surface area contributed by atoms with Crippen molar-refractivity contribution in [2.75, 3.05) is 6.54 Å². The maximum absolute atomic E-state index is 13.2. The summed E-state index contributed by atoms with van der Waals surface area (Å²) in [4.78, 5) is 30.2. The Morgan fingerprint density at radius 3 is 2.45 bits per heavy atom. The van der Waals surface area contributed by atoms with E-state index >= 15 is 0 Å². The molecule has 2 heterocycles. The minimum atomic E-state index is -0.137. The van der Waals surface area contributed by atoms with Crippen molar-refractivity contribution in [3.8, 4) is 0 Å². The third kappa shape index (κ3) is 4.28. The van der Waals surface area contributed by atoms with Crippen LogP contribution in [-0.2, 0) is 13.1 Å². The van der Waals surface area contributed by atoms with Gasteiger partial charge in [-0.3, -0.25) is 13.9 Å². The normalized spacial score (nSPS) is 11.1. The third-order valence-corrected chi connectivity index (χ3v) is 5.48. The largest absolute Gasteiger partial charge is 0.350 e. The van der Waals surface area contributed by atoms with Gasteiger partial charge in [0.2, 0.25) is 0 Å². The minimum Gasteiger partial charge on any atom is -0.350 e. The Labute approximate surface area is 181 Å². The van der Waals surface area contributed by atoms with Crippen molar-refractivity contribution < 1.29 is 4.79 Å². The number of rotatable bonds is 6. The van der Waals surface area contributed by atoms with Gasteiger partial charge in [-0.2, -0.15) is 0 Å². The predicted molar refractivity (Wildman–Crippen MR) is 123 cm³/mol. The lowest BCUT2D eigenvalue weighted by Gasteiger charge is -2.09. The Kier molecular flexibility index (Phi) is 5.71. The fourth-order valence-electron chi connectivity index (χ4n) is 3.82. The lowest BCUT2D eigenvalue weighted by Crippen LogP contribution is -2.32. The van der Waals surface area contributed by atoms with Gasteiger partial charge < -0.3 is 5.32 Å². The first-order chi connectivity index (χ1) is 14.9. The van der Waals surface area contributed by atoms with Gasteiger partial charge in [-0.1, -0.05) is 47.5 Å². The highest BCUT2D eigenvalue weighted by molar-refractivity contribution is 5.95. The summed E-state index contributed by atoms with van der Waals surface area (Å²) in [5, 5.41) is 2.93. The van der Waals surface area contributed by atoms with Gasteiger partial charge in [0.05, 0.1) is 12.1 Å². The molecule has 0 aliphatic carbocycles. The van der Waals surface area contributed by atoms with Gasteiger partial charge in [-0.15, -0.1) is 0 Å². The van der Waals surface area contributed by atoms with E-state index in [1.807, 2.05) is 75.4 Å². The van der Waals surface area contributed by atoms with Crippen LogP contribution in [0.3, 0.4) is 0 Å². The molecule has 2 aromatic carbocycles. The standard InChI is InChI=1S/C25H26N4O2/c1-17-6-9-20(10-7-17)16-29-22-5-4-12-26-23(22)28(25(29)31)14-13-27-24(30)21-11-8-18(2)15-19(21)3/h4-12,15H,13-14,16H2,1-3H3,(H,27,30). The van der Waals surface area contributed by atoms with Gasteiger partial charge in [0, 0.05) is 24.8 Å². The number of hydrogen-bond acceptors (Lipinski definition) is 3. The zero-order valence-corrected chi connectivity index (χ0v) is 18.1. The monoisotopic (exact) mass is 414 g/mol. The number of aryl methyl sites for hydroxylation is 3. The lowest BCUT2D eigenvalue weighted by atomic mass is 10.1. The minimum absolute atomic E-state index is 0.130. The summed E-state index contributed by atoms with van der Waals surface area (Å²) in [5.41, 5.74) is 6.22. The van der Waals surface area contributed by atoms with Crippen LogP contribution in [-0.4, -0.2) is 26.6 Å². The fraction of sp³-hybridized carbons (Fsp3) is 0.240. The van der Waals surface area contributed by atoms with E-state index in [4.69, 9.17) is 0 Å². The number of carbonyl (C=O) groups excluding carboxylic acids is 1. The van der Waals surface area contributed by atoms with Crippen LogP contribution in [0.15, 0.2) is 65.6 Å². The summed E-state index contributed by atoms with van der Waals surface area (Å²) < 4.78 is 3.37. The molecule has 6 heteroatoms. The molecule has 1 N–H and O–H groups in total. The Morgan fingerprint density at radius 2 is 1.71 bits per heavy atom. The number of imidazole rings is 1. The van der Waals surface area contributed by atoms with Crippen molar-refractivity contribution in [1.82, 2.24) is 19.4 Å². The molecule has 1 amide bonds. The molecule has 31 heavy (non-hydrogen) atoms. The molecule has 4 rings (SSSR count). The summed E-state index contributed by atoms with van der Waals surface area (Å²) >= 11 is 0. The summed E-state index contributed by atoms with van der Waals surface area (Å²) in [6.45, 7) is 7.13. The molecular weight excluding hydrogens is 388 g/mol. The topological polar surface area (TPSA) is 68.9 Å². The van der Waals surface area contributed by atoms with Gasteiger partial charge in [0.15, 0.2) is 5.65 Å². The first kappa shape index (κ1) is 20.6. The molecule has 2 aromatic heterocycles. The van der Waals surface area contributed by atoms with Crippen molar-refractivity contribution in [3.05, 3.63) is 99.1 Å². The Balaban J connectivity index is 1.55. The average molecular weight is 415 g/mol. The first-order valence-electron chi connectivity index (χ1n) is 10.4. The van der Waals surface area contributed by atoms with E-state index in [2.05, 4.69) is 10.3 Å². The highest BCUT2D eigenvalue weighted by Gasteiger charge is 2.15. The van der Waals surface area contributed by atoms with E-state index < -0.39 is 0 Å². The fourth-order valence-corrected chi connectivity index (χ4v) is 3.82. The second-order valence-corrected chi connectivity index (χ2v) is 7.93. The molecule has 0 unspecified atom stereocenters. The number of hydrogen-bond donors (Lipinski definition) is 1. The average Bonchev–Trinajstić information content (AvgIpc) is 3.01. The molecule has 0 saturated heterocycles. The van der Waals surface area contributed by atoms with E-state index in [1.165, 1.54) is 5.56 Å². The van der Waals surface area contributed by atoms with Crippen LogP contribution in [0, 0.1) is 20.8 Å². The van der Waals surface area contributed by atoms with Crippen LogP contribution in [0.1, 0.15) is 32.6 Å². The summed E-state index contributed by atoms with van der Waals surface area (Å²) in [7, 11) is 0. The number of nitrogens with zero attached hydrogens (tertiary/aromatic N) is 3. The SMILES string of the molecule is Cc1ccc(Cn2c(=O)n(CCNC(=O)c3ccc(C)cc3C)c3ncccc32)cc1. The molecule has 6 nitrogen and oxygen atoms in total. The van der Waals surface area contributed by atoms with E-state index in [1.54, 1.807) is 15.3 Å². The third-order valence-electron chi connectivity index (χ3n) is 5.48. The van der Waals surface area contributed by atoms with Crippen molar-refractivity contribution in [3.63, 3.8) is 0 Å². The number of aromatic nitrogens is 3. The van der Waals surface area contributed by atoms with Gasteiger partial charge in [-0.25, -0.2) is 9.78 Å². The number of pyridine rings is 1. The quantitative estimate of drug-likeness (QED) is 0.524. The van der Waals surface area contributed by atoms with Crippen LogP contribution < -0.4 is 11.0 Å². The number of fused-ring (bicyclic) bond motifs is 1. The lowest BCUT2D eigenvalue weighted by molar-refractivity contribution is 0.0951. The van der Waals surface area contributed by atoms with E-state index in [9.17, 15) is 9.59 Å². The summed E-state index contributed by atoms with van der Waals surface area (Å²) in [6.07, 6.45) is 1.68. The molecule has 0 fully saturated rings. The number of benzene rings is 2. The van der Waals surface area contributed by atoms with Gasteiger partial charge >= 0.3 is 5.69 Å². The molecule has 0 saturated carbocycles. The molecule has 0 aliphatic rings. The maximum Gasteiger partial charge on any atom is 0.330 e. The number of amides is 1. The molecule has 0 atom stereocenters. The van der Waals surface area contributed by atoms with Crippen LogP contribution in [0.4, 0.5) is 0 Å². The van der Waals surface area contributed by atoms with Crippen molar-refractivity contribution in [2.45, 2.75) is 33.9 Å². The molecule has 0 bridgehead atoms. The molecule has 0 radical (unpaired) electrons. The smallest absolute Gasteiger partial charge is 0.330 e. The van der Waals surface area contributed by atoms with Gasteiger partial charge in [0.25, 0.3) is 5.91 Å². The Bertz CT molecular complexity index is 1300. The molecule has 4 aromatic rings. The molecule has 0 spiro atoms. The first-order valence-corrected chi connectivity index (χ1v) is 10.4. The highest BCUT2D eigenvalue weighted by Crippen LogP contribution is 2.13. The second-order valence-electron chi connectivity index (χ2n) is 7.93. The van der Waals surface area contributed by atoms with E-state index in [0.29, 0.717) is 30.8 Å². The van der Waals surface area contributed by atoms with Crippen LogP contribution >= 0.6 is 0 Å². The summed E-state index contributed by atoms with van der Waals surface area (Å²) in [6, 6.07) is 17.6. The highest BCUT2D eigenvalue weighted by atomic mass is 16.2. The van der Waals surface area contributed by atoms with Crippen molar-refractivity contribution in [2.24, 2.45) is 0 Å². The maximum atomic E-state index is 13.2. The molecular formula is C25H26N4O2. The van der Waals surface area contributed by atoms with Crippen LogP contribution in [0.2, 0.25) is 0 Å². The zero-order chi connectivity index (χ0) is 22.0. The second kappa shape index (κ2) is 8.60. The molecule has 158 valence electrons. The van der Waals surface area contributed by atoms with Crippen LogP contribution in [0.25, 0.3) is 11.2 Å². The predicted octanol–water partition coefficient (Wildman–Crippen LogP) is 3.60. The zero-order valence-electron chi connectivity index (χ0n) is 18.1. The van der Waals surface area contributed by atoms with Crippen molar-refractivity contribution in [1.29, 1.82) is 0 Å². The molecule has 0 aliphatic heterocycles. The van der Waals surface area contributed by atoms with Crippen LogP contribution in [0.5, 0.6) is 0 Å². The van der Waals surface area contributed by atoms with Crippen molar-refractivity contribution >= 4 is 17.1 Å². The summed E-state index contributed by atoms with van der Waals surface area (Å²) in [5.74, 6) is -0.137. The Hall–Kier alpha value is -3.67. The number of nitrogens with one attached hydrogen (secondary N) is 1. The Morgan fingerprint density at radius 1 is 0.968 bits per heavy atom. The number of carbonyl (C=O) groups is 1. The van der Waals surface area contributed by atoms with E-state index in [-0.39, 0.29) is 11.6 Å². The van der Waals surface area contributed by atoms with Gasteiger partial charge in [-0.05, 0) is 50.1 Å². The van der Waals surface area contributed by atoms with Gasteiger partial charge in [0.1, 0.15) is 0 Å². The van der Waals surface area contributed by atoms with E-state index in [0.717, 1.165) is 22.2 Å².